The Bertz CT molecular complexity index is 1110. The maximum Gasteiger partial charge on any atom is 0.316 e. The lowest BCUT2D eigenvalue weighted by Gasteiger charge is -2.07. The zero-order valence-corrected chi connectivity index (χ0v) is 17.6. The first kappa shape index (κ1) is 20.7. The van der Waals surface area contributed by atoms with Gasteiger partial charge in [0.15, 0.2) is 5.16 Å². The van der Waals surface area contributed by atoms with Crippen LogP contribution < -0.4 is 9.47 Å². The van der Waals surface area contributed by atoms with E-state index in [9.17, 15) is 4.39 Å². The van der Waals surface area contributed by atoms with Gasteiger partial charge in [-0.05, 0) is 53.1 Å². The lowest BCUT2D eigenvalue weighted by molar-refractivity contribution is 0.379. The second-order valence-corrected chi connectivity index (χ2v) is 7.56. The van der Waals surface area contributed by atoms with E-state index >= 15 is 0 Å². The first-order chi connectivity index (χ1) is 15.2. The third kappa shape index (κ3) is 5.99. The Labute approximate surface area is 183 Å². The Morgan fingerprint density at radius 1 is 0.742 bits per heavy atom. The van der Waals surface area contributed by atoms with E-state index < -0.39 is 0 Å². The van der Waals surface area contributed by atoms with Crippen LogP contribution in [0, 0.1) is 5.82 Å². The fraction of sp³-hybridized carbons (Fsp3) is 0.130. The highest BCUT2D eigenvalue weighted by atomic mass is 32.2. The van der Waals surface area contributed by atoms with E-state index in [-0.39, 0.29) is 5.82 Å². The number of hydrogen-bond donors (Lipinski definition) is 0. The quantitative estimate of drug-likeness (QED) is 0.283. The molecule has 0 unspecified atom stereocenters. The number of ether oxygens (including phenoxy) is 2. The van der Waals surface area contributed by atoms with Gasteiger partial charge in [0.05, 0.1) is 7.11 Å². The van der Waals surface area contributed by atoms with E-state index in [1.165, 1.54) is 19.2 Å². The molecule has 0 aliphatic carbocycles. The van der Waals surface area contributed by atoms with Gasteiger partial charge in [-0.15, -0.1) is 0 Å². The number of rotatable bonds is 8. The number of hydrogen-bond acceptors (Lipinski definition) is 7. The summed E-state index contributed by atoms with van der Waals surface area (Å²) in [6.07, 6.45) is 7.76. The summed E-state index contributed by atoms with van der Waals surface area (Å²) < 4.78 is 23.7. The molecule has 0 spiro atoms. The van der Waals surface area contributed by atoms with Crippen LogP contribution in [0.15, 0.2) is 78.5 Å². The van der Waals surface area contributed by atoms with E-state index in [1.54, 1.807) is 36.3 Å². The normalized spacial score (nSPS) is 10.6. The number of aromatic nitrogens is 4. The van der Waals surface area contributed by atoms with Crippen LogP contribution in [0.2, 0.25) is 0 Å². The van der Waals surface area contributed by atoms with Gasteiger partial charge in [0.1, 0.15) is 17.3 Å². The number of nitrogens with zero attached hydrogens (tertiary/aromatic N) is 4. The largest absolute Gasteiger partial charge is 0.467 e. The van der Waals surface area contributed by atoms with Crippen LogP contribution in [0.3, 0.4) is 0 Å². The molecule has 8 heteroatoms. The lowest BCUT2D eigenvalue weighted by atomic mass is 10.1. The van der Waals surface area contributed by atoms with Gasteiger partial charge in [0.25, 0.3) is 0 Å². The van der Waals surface area contributed by atoms with Crippen LogP contribution in [0.1, 0.15) is 16.7 Å². The van der Waals surface area contributed by atoms with E-state index in [2.05, 4.69) is 19.9 Å². The van der Waals surface area contributed by atoms with Crippen molar-refractivity contribution in [1.29, 1.82) is 0 Å². The zero-order chi connectivity index (χ0) is 21.5. The molecule has 31 heavy (non-hydrogen) atoms. The van der Waals surface area contributed by atoms with Crippen LogP contribution in [0.5, 0.6) is 17.5 Å². The summed E-state index contributed by atoms with van der Waals surface area (Å²) >= 11 is 1.56. The molecular weight excluding hydrogens is 415 g/mol. The minimum atomic E-state index is -0.287. The van der Waals surface area contributed by atoms with Crippen LogP contribution in [-0.2, 0) is 12.2 Å². The van der Waals surface area contributed by atoms with Crippen LogP contribution in [0.25, 0.3) is 0 Å². The van der Waals surface area contributed by atoms with Crippen LogP contribution in [0.4, 0.5) is 4.39 Å². The predicted octanol–water partition coefficient (Wildman–Crippen LogP) is 5.09. The standard InChI is InChI=1S/C23H19FN4O2S/c1-29-22-25-11-17(12-26-22)10-18-13-27-23(28-14-18)31-15-16-2-6-20(7-3-16)30-21-8-4-19(24)5-9-21/h2-9,11-14H,10,15H2,1H3. The molecule has 4 aromatic rings. The van der Waals surface area contributed by atoms with Crippen LogP contribution >= 0.6 is 11.8 Å². The van der Waals surface area contributed by atoms with Crippen molar-refractivity contribution in [3.05, 3.63) is 95.8 Å². The topological polar surface area (TPSA) is 70.0 Å². The first-order valence-electron chi connectivity index (χ1n) is 9.49. The molecule has 0 aliphatic rings. The predicted molar refractivity (Wildman–Crippen MR) is 116 cm³/mol. The van der Waals surface area contributed by atoms with Crippen molar-refractivity contribution in [2.24, 2.45) is 0 Å². The van der Waals surface area contributed by atoms with Crippen molar-refractivity contribution in [3.63, 3.8) is 0 Å². The van der Waals surface area contributed by atoms with Gasteiger partial charge >= 0.3 is 6.01 Å². The average Bonchev–Trinajstić information content (AvgIpc) is 2.81. The number of methoxy groups -OCH3 is 1. The van der Waals surface area contributed by atoms with Gasteiger partial charge in [0, 0.05) is 37.0 Å². The maximum absolute atomic E-state index is 13.0. The maximum atomic E-state index is 13.0. The van der Waals surface area contributed by atoms with Crippen molar-refractivity contribution in [2.45, 2.75) is 17.3 Å². The van der Waals surface area contributed by atoms with Crippen molar-refractivity contribution in [1.82, 2.24) is 19.9 Å². The second-order valence-electron chi connectivity index (χ2n) is 6.62. The molecule has 2 aromatic carbocycles. The highest BCUT2D eigenvalue weighted by Crippen LogP contribution is 2.24. The summed E-state index contributed by atoms with van der Waals surface area (Å²) in [5, 5.41) is 0.710. The molecule has 0 fully saturated rings. The summed E-state index contributed by atoms with van der Waals surface area (Å²) in [5.74, 6) is 1.74. The first-order valence-corrected chi connectivity index (χ1v) is 10.5. The summed E-state index contributed by atoms with van der Waals surface area (Å²) in [5.41, 5.74) is 3.08. The van der Waals surface area contributed by atoms with E-state index in [4.69, 9.17) is 9.47 Å². The Morgan fingerprint density at radius 3 is 1.87 bits per heavy atom. The van der Waals surface area contributed by atoms with Gasteiger partial charge in [-0.1, -0.05) is 23.9 Å². The van der Waals surface area contributed by atoms with Crippen LogP contribution in [-0.4, -0.2) is 27.0 Å². The third-order valence-corrected chi connectivity index (χ3v) is 5.24. The molecule has 0 saturated carbocycles. The van der Waals surface area contributed by atoms with Gasteiger partial charge in [-0.2, -0.15) is 0 Å². The van der Waals surface area contributed by atoms with Crippen molar-refractivity contribution < 1.29 is 13.9 Å². The Morgan fingerprint density at radius 2 is 1.29 bits per heavy atom. The number of halogens is 1. The van der Waals surface area contributed by atoms with E-state index in [1.807, 2.05) is 36.7 Å². The number of benzene rings is 2. The number of thioether (sulfide) groups is 1. The minimum Gasteiger partial charge on any atom is -0.467 e. The molecule has 4 rings (SSSR count). The molecule has 0 aliphatic heterocycles. The fourth-order valence-electron chi connectivity index (χ4n) is 2.72. The molecular formula is C23H19FN4O2S. The van der Waals surface area contributed by atoms with Crippen molar-refractivity contribution in [3.8, 4) is 17.5 Å². The molecule has 2 aromatic heterocycles. The molecule has 0 N–H and O–H groups in total. The molecule has 0 atom stereocenters. The van der Waals surface area contributed by atoms with E-state index in [0.29, 0.717) is 29.1 Å². The van der Waals surface area contributed by atoms with Crippen molar-refractivity contribution >= 4 is 11.8 Å². The van der Waals surface area contributed by atoms with Gasteiger partial charge < -0.3 is 9.47 Å². The fourth-order valence-corrected chi connectivity index (χ4v) is 3.47. The van der Waals surface area contributed by atoms with Gasteiger partial charge in [-0.3, -0.25) is 0 Å². The average molecular weight is 434 g/mol. The lowest BCUT2D eigenvalue weighted by Crippen LogP contribution is -1.97. The summed E-state index contributed by atoms with van der Waals surface area (Å²) in [6.45, 7) is 0. The van der Waals surface area contributed by atoms with E-state index in [0.717, 1.165) is 22.4 Å². The van der Waals surface area contributed by atoms with Gasteiger partial charge in [-0.25, -0.2) is 24.3 Å². The molecule has 0 saturated heterocycles. The molecule has 0 amide bonds. The molecule has 6 nitrogen and oxygen atoms in total. The molecule has 0 radical (unpaired) electrons. The molecule has 0 bridgehead atoms. The summed E-state index contributed by atoms with van der Waals surface area (Å²) in [6, 6.07) is 14.0. The Kier molecular flexibility index (Phi) is 6.68. The Balaban J connectivity index is 1.29. The SMILES string of the molecule is COc1ncc(Cc2cnc(SCc3ccc(Oc4ccc(F)cc4)cc3)nc2)cn1. The summed E-state index contributed by atoms with van der Waals surface area (Å²) in [7, 11) is 1.54. The molecule has 2 heterocycles. The highest BCUT2D eigenvalue weighted by Gasteiger charge is 2.04. The van der Waals surface area contributed by atoms with Gasteiger partial charge in [0.2, 0.25) is 0 Å². The Hall–Kier alpha value is -3.52. The highest BCUT2D eigenvalue weighted by molar-refractivity contribution is 7.98. The van der Waals surface area contributed by atoms with Crippen molar-refractivity contribution in [2.75, 3.05) is 7.11 Å². The monoisotopic (exact) mass is 434 g/mol. The smallest absolute Gasteiger partial charge is 0.316 e. The third-order valence-electron chi connectivity index (χ3n) is 4.29. The second kappa shape index (κ2) is 9.99. The minimum absolute atomic E-state index is 0.287. The zero-order valence-electron chi connectivity index (χ0n) is 16.7. The molecule has 156 valence electrons. The summed E-state index contributed by atoms with van der Waals surface area (Å²) in [4.78, 5) is 17.1.